The average Bonchev–Trinajstić information content (AvgIpc) is 2.92. The minimum absolute atomic E-state index is 0.0586. The van der Waals surface area contributed by atoms with E-state index in [2.05, 4.69) is 5.32 Å². The Morgan fingerprint density at radius 1 is 1.32 bits per heavy atom. The van der Waals surface area contributed by atoms with Crippen molar-refractivity contribution >= 4 is 40.6 Å². The second-order valence-corrected chi connectivity index (χ2v) is 6.17. The molecule has 19 heavy (non-hydrogen) atoms. The SMILES string of the molecule is O=C(CSCc1ccccc1Cl)NCc1ccsc1. The van der Waals surface area contributed by atoms with Gasteiger partial charge in [0, 0.05) is 17.3 Å². The molecule has 1 heterocycles. The molecule has 1 aromatic heterocycles. The van der Waals surface area contributed by atoms with Gasteiger partial charge in [-0.15, -0.1) is 11.8 Å². The average molecular weight is 312 g/mol. The third-order valence-corrected chi connectivity index (χ3v) is 4.60. The molecular weight excluding hydrogens is 298 g/mol. The van der Waals surface area contributed by atoms with Crippen LogP contribution >= 0.6 is 34.7 Å². The van der Waals surface area contributed by atoms with Crippen molar-refractivity contribution in [3.05, 3.63) is 57.2 Å². The van der Waals surface area contributed by atoms with E-state index in [1.807, 2.05) is 41.1 Å². The van der Waals surface area contributed by atoms with Crippen molar-refractivity contribution in [3.63, 3.8) is 0 Å². The Morgan fingerprint density at radius 2 is 2.16 bits per heavy atom. The van der Waals surface area contributed by atoms with Gasteiger partial charge >= 0.3 is 0 Å². The van der Waals surface area contributed by atoms with Gasteiger partial charge in [0.15, 0.2) is 0 Å². The summed E-state index contributed by atoms with van der Waals surface area (Å²) in [6.07, 6.45) is 0. The summed E-state index contributed by atoms with van der Waals surface area (Å²) in [6, 6.07) is 9.73. The molecule has 1 N–H and O–H groups in total. The van der Waals surface area contributed by atoms with Crippen molar-refractivity contribution in [3.8, 4) is 0 Å². The number of benzene rings is 1. The fourth-order valence-corrected chi connectivity index (χ4v) is 3.33. The molecule has 1 aromatic carbocycles. The van der Waals surface area contributed by atoms with Crippen molar-refractivity contribution in [2.45, 2.75) is 12.3 Å². The van der Waals surface area contributed by atoms with Crippen LogP contribution in [-0.2, 0) is 17.1 Å². The van der Waals surface area contributed by atoms with Crippen LogP contribution in [0.2, 0.25) is 5.02 Å². The zero-order chi connectivity index (χ0) is 13.5. The summed E-state index contributed by atoms with van der Waals surface area (Å²) in [7, 11) is 0. The van der Waals surface area contributed by atoms with Crippen LogP contribution in [0.1, 0.15) is 11.1 Å². The van der Waals surface area contributed by atoms with Crippen LogP contribution in [0.5, 0.6) is 0 Å². The van der Waals surface area contributed by atoms with Crippen LogP contribution in [0.4, 0.5) is 0 Å². The molecule has 0 aliphatic heterocycles. The molecule has 0 aliphatic carbocycles. The summed E-state index contributed by atoms with van der Waals surface area (Å²) < 4.78 is 0. The fraction of sp³-hybridized carbons (Fsp3) is 0.214. The number of thioether (sulfide) groups is 1. The highest BCUT2D eigenvalue weighted by atomic mass is 35.5. The van der Waals surface area contributed by atoms with E-state index in [4.69, 9.17) is 11.6 Å². The first-order valence-electron chi connectivity index (χ1n) is 5.84. The van der Waals surface area contributed by atoms with E-state index >= 15 is 0 Å². The van der Waals surface area contributed by atoms with Gasteiger partial charge in [-0.3, -0.25) is 4.79 Å². The highest BCUT2D eigenvalue weighted by Crippen LogP contribution is 2.20. The lowest BCUT2D eigenvalue weighted by atomic mass is 10.2. The molecule has 5 heteroatoms. The zero-order valence-corrected chi connectivity index (χ0v) is 12.7. The minimum atomic E-state index is 0.0586. The summed E-state index contributed by atoms with van der Waals surface area (Å²) in [5.74, 6) is 1.27. The summed E-state index contributed by atoms with van der Waals surface area (Å²) >= 11 is 9.26. The smallest absolute Gasteiger partial charge is 0.230 e. The largest absolute Gasteiger partial charge is 0.351 e. The van der Waals surface area contributed by atoms with Gasteiger partial charge in [-0.25, -0.2) is 0 Å². The number of thiophene rings is 1. The molecule has 0 spiro atoms. The summed E-state index contributed by atoms with van der Waals surface area (Å²) in [5.41, 5.74) is 2.22. The second kappa shape index (κ2) is 7.58. The first-order chi connectivity index (χ1) is 9.25. The van der Waals surface area contributed by atoms with E-state index in [0.29, 0.717) is 12.3 Å². The van der Waals surface area contributed by atoms with Crippen LogP contribution in [-0.4, -0.2) is 11.7 Å². The number of halogens is 1. The summed E-state index contributed by atoms with van der Waals surface area (Å²) in [5, 5.41) is 7.70. The molecule has 0 atom stereocenters. The van der Waals surface area contributed by atoms with Gasteiger partial charge in [0.25, 0.3) is 0 Å². The number of hydrogen-bond acceptors (Lipinski definition) is 3. The Labute approximate surface area is 126 Å². The van der Waals surface area contributed by atoms with E-state index in [1.54, 1.807) is 23.1 Å². The Morgan fingerprint density at radius 3 is 2.89 bits per heavy atom. The molecule has 0 saturated carbocycles. The van der Waals surface area contributed by atoms with Crippen LogP contribution in [0, 0.1) is 0 Å². The minimum Gasteiger partial charge on any atom is -0.351 e. The van der Waals surface area contributed by atoms with Gasteiger partial charge in [-0.1, -0.05) is 29.8 Å². The molecule has 0 bridgehead atoms. The molecule has 0 fully saturated rings. The molecule has 100 valence electrons. The topological polar surface area (TPSA) is 29.1 Å². The van der Waals surface area contributed by atoms with Crippen molar-refractivity contribution in [2.75, 3.05) is 5.75 Å². The number of hydrogen-bond donors (Lipinski definition) is 1. The molecule has 0 radical (unpaired) electrons. The quantitative estimate of drug-likeness (QED) is 0.875. The number of carbonyl (C=O) groups is 1. The Kier molecular flexibility index (Phi) is 5.76. The Balaban J connectivity index is 1.68. The van der Waals surface area contributed by atoms with Crippen molar-refractivity contribution < 1.29 is 4.79 Å². The van der Waals surface area contributed by atoms with E-state index in [-0.39, 0.29) is 5.91 Å². The highest BCUT2D eigenvalue weighted by Gasteiger charge is 2.04. The van der Waals surface area contributed by atoms with Crippen LogP contribution < -0.4 is 5.32 Å². The van der Waals surface area contributed by atoms with E-state index < -0.39 is 0 Å². The predicted octanol–water partition coefficient (Wildman–Crippen LogP) is 3.95. The lowest BCUT2D eigenvalue weighted by molar-refractivity contribution is -0.118. The van der Waals surface area contributed by atoms with E-state index in [0.717, 1.165) is 21.9 Å². The maximum atomic E-state index is 11.7. The van der Waals surface area contributed by atoms with Crippen LogP contribution in [0.3, 0.4) is 0 Å². The lowest BCUT2D eigenvalue weighted by Gasteiger charge is -2.05. The summed E-state index contributed by atoms with van der Waals surface area (Å²) in [6.45, 7) is 0.606. The van der Waals surface area contributed by atoms with Gasteiger partial charge in [-0.2, -0.15) is 11.3 Å². The molecule has 0 saturated heterocycles. The molecule has 2 aromatic rings. The first kappa shape index (κ1) is 14.4. The zero-order valence-electron chi connectivity index (χ0n) is 10.3. The van der Waals surface area contributed by atoms with Gasteiger partial charge < -0.3 is 5.32 Å². The van der Waals surface area contributed by atoms with Gasteiger partial charge in [0.2, 0.25) is 5.91 Å². The monoisotopic (exact) mass is 311 g/mol. The maximum Gasteiger partial charge on any atom is 0.230 e. The van der Waals surface area contributed by atoms with Gasteiger partial charge in [-0.05, 0) is 34.0 Å². The van der Waals surface area contributed by atoms with E-state index in [9.17, 15) is 4.79 Å². The van der Waals surface area contributed by atoms with Crippen LogP contribution in [0.25, 0.3) is 0 Å². The third-order valence-electron chi connectivity index (χ3n) is 2.52. The molecule has 0 aliphatic rings. The van der Waals surface area contributed by atoms with Crippen LogP contribution in [0.15, 0.2) is 41.1 Å². The van der Waals surface area contributed by atoms with Gasteiger partial charge in [0.05, 0.1) is 5.75 Å². The third kappa shape index (κ3) is 4.90. The maximum absolute atomic E-state index is 11.7. The van der Waals surface area contributed by atoms with Gasteiger partial charge in [0.1, 0.15) is 0 Å². The first-order valence-corrected chi connectivity index (χ1v) is 8.32. The molecule has 2 rings (SSSR count). The molecular formula is C14H14ClNOS2. The van der Waals surface area contributed by atoms with Crippen molar-refractivity contribution in [1.29, 1.82) is 0 Å². The fourth-order valence-electron chi connectivity index (χ4n) is 1.51. The molecule has 2 nitrogen and oxygen atoms in total. The van der Waals surface area contributed by atoms with Crippen molar-refractivity contribution in [1.82, 2.24) is 5.32 Å². The van der Waals surface area contributed by atoms with E-state index in [1.165, 1.54) is 0 Å². The van der Waals surface area contributed by atoms with Crippen molar-refractivity contribution in [2.24, 2.45) is 0 Å². The number of amides is 1. The predicted molar refractivity (Wildman–Crippen MR) is 83.8 cm³/mol. The number of carbonyl (C=O) groups excluding carboxylic acids is 1. The highest BCUT2D eigenvalue weighted by molar-refractivity contribution is 7.99. The number of nitrogens with one attached hydrogen (secondary N) is 1. The molecule has 1 amide bonds. The second-order valence-electron chi connectivity index (χ2n) is 3.99. The summed E-state index contributed by atoms with van der Waals surface area (Å²) in [4.78, 5) is 11.7. The molecule has 0 unspecified atom stereocenters. The normalized spacial score (nSPS) is 10.4. The lowest BCUT2D eigenvalue weighted by Crippen LogP contribution is -2.24. The number of rotatable bonds is 6. The Bertz CT molecular complexity index is 528. The standard InChI is InChI=1S/C14H14ClNOS2/c15-13-4-2-1-3-12(13)9-19-10-14(17)16-7-11-5-6-18-8-11/h1-6,8H,7,9-10H2,(H,16,17). The Hall–Kier alpha value is -0.970.